The summed E-state index contributed by atoms with van der Waals surface area (Å²) in [7, 11) is 1.56. The molecule has 1 fully saturated rings. The van der Waals surface area contributed by atoms with Crippen molar-refractivity contribution in [2.24, 2.45) is 0 Å². The number of methoxy groups -OCH3 is 1. The first kappa shape index (κ1) is 18.8. The van der Waals surface area contributed by atoms with Crippen LogP contribution in [0.2, 0.25) is 0 Å². The van der Waals surface area contributed by atoms with Gasteiger partial charge < -0.3 is 20.3 Å². The Hall–Kier alpha value is -3.02. The topological polar surface area (TPSA) is 70.7 Å². The van der Waals surface area contributed by atoms with E-state index < -0.39 is 0 Å². The lowest BCUT2D eigenvalue weighted by molar-refractivity contribution is -0.123. The maximum absolute atomic E-state index is 12.1. The molecule has 0 spiro atoms. The molecule has 0 atom stereocenters. The van der Waals surface area contributed by atoms with E-state index in [9.17, 15) is 9.59 Å². The number of anilines is 3. The Morgan fingerprint density at radius 3 is 2.26 bits per heavy atom. The second-order valence-corrected chi connectivity index (χ2v) is 6.60. The molecule has 1 aliphatic rings. The van der Waals surface area contributed by atoms with Crippen LogP contribution >= 0.6 is 0 Å². The van der Waals surface area contributed by atoms with Crippen LogP contribution in [-0.2, 0) is 9.59 Å². The summed E-state index contributed by atoms with van der Waals surface area (Å²) in [5.74, 6) is -0.0714. The molecule has 2 amide bonds. The van der Waals surface area contributed by atoms with E-state index in [0.717, 1.165) is 13.1 Å². The monoisotopic (exact) mass is 367 g/mol. The molecular formula is C21H25N3O3. The Labute approximate surface area is 159 Å². The fourth-order valence-electron chi connectivity index (χ4n) is 3.16. The second-order valence-electron chi connectivity index (χ2n) is 6.60. The predicted molar refractivity (Wildman–Crippen MR) is 107 cm³/mol. The molecular weight excluding hydrogens is 342 g/mol. The van der Waals surface area contributed by atoms with Crippen molar-refractivity contribution in [1.29, 1.82) is 0 Å². The van der Waals surface area contributed by atoms with Gasteiger partial charge in [-0.3, -0.25) is 9.59 Å². The molecule has 0 aromatic heterocycles. The van der Waals surface area contributed by atoms with E-state index in [-0.39, 0.29) is 18.2 Å². The third kappa shape index (κ3) is 5.48. The summed E-state index contributed by atoms with van der Waals surface area (Å²) in [6.07, 6.45) is 3.50. The lowest BCUT2D eigenvalue weighted by Gasteiger charge is -2.28. The van der Waals surface area contributed by atoms with Gasteiger partial charge in [-0.1, -0.05) is 6.07 Å². The third-order valence-electron chi connectivity index (χ3n) is 4.55. The molecule has 6 heteroatoms. The van der Waals surface area contributed by atoms with Crippen molar-refractivity contribution < 1.29 is 14.3 Å². The number of carbonyl (C=O) groups is 2. The maximum Gasteiger partial charge on any atom is 0.233 e. The molecule has 0 aliphatic carbocycles. The standard InChI is InChI=1S/C21H25N3O3/c1-27-19-7-5-6-17(14-19)23-21(26)15-20(25)22-16-8-10-18(11-9-16)24-12-3-2-4-13-24/h5-11,14H,2-4,12-13,15H2,1H3,(H,22,25)(H,23,26). The Bertz CT molecular complexity index is 784. The zero-order valence-electron chi connectivity index (χ0n) is 15.5. The van der Waals surface area contributed by atoms with E-state index in [1.54, 1.807) is 31.4 Å². The first-order valence-electron chi connectivity index (χ1n) is 9.23. The number of benzene rings is 2. The van der Waals surface area contributed by atoms with Gasteiger partial charge in [0.1, 0.15) is 12.2 Å². The molecule has 2 aromatic rings. The van der Waals surface area contributed by atoms with Gasteiger partial charge >= 0.3 is 0 Å². The molecule has 0 saturated carbocycles. The summed E-state index contributed by atoms with van der Waals surface area (Å²) in [6.45, 7) is 2.16. The number of amides is 2. The molecule has 0 unspecified atom stereocenters. The van der Waals surface area contributed by atoms with Crippen molar-refractivity contribution in [2.75, 3.05) is 35.7 Å². The maximum atomic E-state index is 12.1. The van der Waals surface area contributed by atoms with Gasteiger partial charge in [-0.25, -0.2) is 0 Å². The van der Waals surface area contributed by atoms with Crippen molar-refractivity contribution in [1.82, 2.24) is 0 Å². The first-order chi connectivity index (χ1) is 13.1. The number of nitrogens with one attached hydrogen (secondary N) is 2. The van der Waals surface area contributed by atoms with Gasteiger partial charge in [0, 0.05) is 36.2 Å². The van der Waals surface area contributed by atoms with Gasteiger partial charge in [0.15, 0.2) is 0 Å². The van der Waals surface area contributed by atoms with Crippen molar-refractivity contribution >= 4 is 28.9 Å². The van der Waals surface area contributed by atoms with Gasteiger partial charge in [-0.05, 0) is 55.7 Å². The fraction of sp³-hybridized carbons (Fsp3) is 0.333. The highest BCUT2D eigenvalue weighted by atomic mass is 16.5. The Morgan fingerprint density at radius 1 is 0.926 bits per heavy atom. The number of ether oxygens (including phenoxy) is 1. The van der Waals surface area contributed by atoms with Crippen molar-refractivity contribution in [3.63, 3.8) is 0 Å². The largest absolute Gasteiger partial charge is 0.497 e. The van der Waals surface area contributed by atoms with Crippen LogP contribution < -0.4 is 20.3 Å². The summed E-state index contributed by atoms with van der Waals surface area (Å²) in [5.41, 5.74) is 2.46. The van der Waals surface area contributed by atoms with E-state index in [2.05, 4.69) is 15.5 Å². The minimum atomic E-state index is -0.370. The zero-order chi connectivity index (χ0) is 19.1. The van der Waals surface area contributed by atoms with Crippen molar-refractivity contribution in [3.8, 4) is 5.75 Å². The molecule has 142 valence electrons. The fourth-order valence-corrected chi connectivity index (χ4v) is 3.16. The van der Waals surface area contributed by atoms with Crippen LogP contribution in [0.15, 0.2) is 48.5 Å². The van der Waals surface area contributed by atoms with Crippen LogP contribution in [0, 0.1) is 0 Å². The number of nitrogens with zero attached hydrogens (tertiary/aromatic N) is 1. The van der Waals surface area contributed by atoms with Crippen LogP contribution in [0.25, 0.3) is 0 Å². The quantitative estimate of drug-likeness (QED) is 0.765. The summed E-state index contributed by atoms with van der Waals surface area (Å²) in [4.78, 5) is 26.5. The minimum absolute atomic E-state index is 0.245. The molecule has 1 heterocycles. The van der Waals surface area contributed by atoms with E-state index in [1.165, 1.54) is 24.9 Å². The number of piperidine rings is 1. The van der Waals surface area contributed by atoms with E-state index >= 15 is 0 Å². The van der Waals surface area contributed by atoms with Gasteiger partial charge in [0.05, 0.1) is 7.11 Å². The molecule has 0 bridgehead atoms. The highest BCUT2D eigenvalue weighted by Crippen LogP contribution is 2.22. The third-order valence-corrected chi connectivity index (χ3v) is 4.55. The SMILES string of the molecule is COc1cccc(NC(=O)CC(=O)Nc2ccc(N3CCCCC3)cc2)c1. The molecule has 6 nitrogen and oxygen atoms in total. The smallest absolute Gasteiger partial charge is 0.233 e. The molecule has 3 rings (SSSR count). The highest BCUT2D eigenvalue weighted by Gasteiger charge is 2.12. The zero-order valence-corrected chi connectivity index (χ0v) is 15.5. The van der Waals surface area contributed by atoms with Crippen LogP contribution in [0.5, 0.6) is 5.75 Å². The van der Waals surface area contributed by atoms with Crippen LogP contribution in [0.4, 0.5) is 17.1 Å². The van der Waals surface area contributed by atoms with Crippen LogP contribution in [0.3, 0.4) is 0 Å². The van der Waals surface area contributed by atoms with Gasteiger partial charge in [0.25, 0.3) is 0 Å². The number of hydrogen-bond donors (Lipinski definition) is 2. The first-order valence-corrected chi connectivity index (χ1v) is 9.23. The lowest BCUT2D eigenvalue weighted by Crippen LogP contribution is -2.29. The average Bonchev–Trinajstić information content (AvgIpc) is 2.69. The van der Waals surface area contributed by atoms with Gasteiger partial charge in [-0.15, -0.1) is 0 Å². The van der Waals surface area contributed by atoms with E-state index in [1.807, 2.05) is 24.3 Å². The molecule has 2 N–H and O–H groups in total. The summed E-state index contributed by atoms with van der Waals surface area (Å²) in [5, 5.41) is 5.47. The molecule has 2 aromatic carbocycles. The Morgan fingerprint density at radius 2 is 1.59 bits per heavy atom. The summed E-state index contributed by atoms with van der Waals surface area (Å²) < 4.78 is 5.12. The summed E-state index contributed by atoms with van der Waals surface area (Å²) in [6, 6.07) is 14.8. The van der Waals surface area contributed by atoms with Crippen molar-refractivity contribution in [2.45, 2.75) is 25.7 Å². The molecule has 0 radical (unpaired) electrons. The number of rotatable bonds is 6. The van der Waals surface area contributed by atoms with Gasteiger partial charge in [-0.2, -0.15) is 0 Å². The van der Waals surface area contributed by atoms with E-state index in [4.69, 9.17) is 4.74 Å². The van der Waals surface area contributed by atoms with Gasteiger partial charge in [0.2, 0.25) is 11.8 Å². The normalized spacial score (nSPS) is 13.7. The molecule has 27 heavy (non-hydrogen) atoms. The lowest BCUT2D eigenvalue weighted by atomic mass is 10.1. The van der Waals surface area contributed by atoms with Crippen molar-refractivity contribution in [3.05, 3.63) is 48.5 Å². The minimum Gasteiger partial charge on any atom is -0.497 e. The van der Waals surface area contributed by atoms with E-state index in [0.29, 0.717) is 17.1 Å². The second kappa shape index (κ2) is 9.07. The Balaban J connectivity index is 1.50. The highest BCUT2D eigenvalue weighted by molar-refractivity contribution is 6.08. The number of carbonyl (C=O) groups excluding carboxylic acids is 2. The average molecular weight is 367 g/mol. The Kier molecular flexibility index (Phi) is 6.30. The molecule has 1 saturated heterocycles. The molecule has 1 aliphatic heterocycles. The summed E-state index contributed by atoms with van der Waals surface area (Å²) >= 11 is 0. The van der Waals surface area contributed by atoms with Crippen LogP contribution in [0.1, 0.15) is 25.7 Å². The number of hydrogen-bond acceptors (Lipinski definition) is 4. The van der Waals surface area contributed by atoms with Crippen LogP contribution in [-0.4, -0.2) is 32.0 Å². The predicted octanol–water partition coefficient (Wildman–Crippen LogP) is 3.65.